The summed E-state index contributed by atoms with van der Waals surface area (Å²) in [6.45, 7) is 6.52. The number of hydrogen-bond donors (Lipinski definition) is 2. The molecule has 0 radical (unpaired) electrons. The van der Waals surface area contributed by atoms with E-state index in [1.807, 2.05) is 38.1 Å². The number of amides is 1. The van der Waals surface area contributed by atoms with Crippen LogP contribution in [-0.4, -0.2) is 18.5 Å². The molecule has 1 atom stereocenters. The van der Waals surface area contributed by atoms with Gasteiger partial charge < -0.3 is 10.6 Å². The SMILES string of the molecule is CCCC(C)NC(=O)CNc1ccccc1C. The Morgan fingerprint density at radius 2 is 2.06 bits per heavy atom. The molecule has 1 rings (SSSR count). The third kappa shape index (κ3) is 4.89. The van der Waals surface area contributed by atoms with Crippen LogP contribution in [0.1, 0.15) is 32.3 Å². The lowest BCUT2D eigenvalue weighted by atomic mass is 10.2. The third-order valence-corrected chi connectivity index (χ3v) is 2.71. The second-order valence-corrected chi connectivity index (χ2v) is 4.43. The number of rotatable bonds is 6. The van der Waals surface area contributed by atoms with Gasteiger partial charge in [0.05, 0.1) is 6.54 Å². The molecule has 3 nitrogen and oxygen atoms in total. The quantitative estimate of drug-likeness (QED) is 0.794. The zero-order valence-corrected chi connectivity index (χ0v) is 10.9. The molecular formula is C14H22N2O. The number of carbonyl (C=O) groups is 1. The van der Waals surface area contributed by atoms with Crippen molar-refractivity contribution in [1.82, 2.24) is 5.32 Å². The van der Waals surface area contributed by atoms with Crippen LogP contribution in [-0.2, 0) is 4.79 Å². The van der Waals surface area contributed by atoms with E-state index in [2.05, 4.69) is 17.6 Å². The van der Waals surface area contributed by atoms with E-state index < -0.39 is 0 Å². The number of nitrogens with one attached hydrogen (secondary N) is 2. The highest BCUT2D eigenvalue weighted by atomic mass is 16.1. The summed E-state index contributed by atoms with van der Waals surface area (Å²) in [5.74, 6) is 0.0502. The number of carbonyl (C=O) groups excluding carboxylic acids is 1. The average Bonchev–Trinajstić information content (AvgIpc) is 2.28. The van der Waals surface area contributed by atoms with Gasteiger partial charge in [0.1, 0.15) is 0 Å². The monoisotopic (exact) mass is 234 g/mol. The van der Waals surface area contributed by atoms with Gasteiger partial charge in [0, 0.05) is 11.7 Å². The Labute approximate surface area is 104 Å². The second kappa shape index (κ2) is 6.94. The molecule has 0 bridgehead atoms. The molecule has 0 fully saturated rings. The summed E-state index contributed by atoms with van der Waals surface area (Å²) in [6.07, 6.45) is 2.11. The van der Waals surface area contributed by atoms with Gasteiger partial charge in [-0.15, -0.1) is 0 Å². The van der Waals surface area contributed by atoms with Gasteiger partial charge in [0.15, 0.2) is 0 Å². The van der Waals surface area contributed by atoms with Gasteiger partial charge in [-0.25, -0.2) is 0 Å². The van der Waals surface area contributed by atoms with Crippen molar-refractivity contribution in [2.45, 2.75) is 39.7 Å². The van der Waals surface area contributed by atoms with Crippen LogP contribution >= 0.6 is 0 Å². The van der Waals surface area contributed by atoms with Crippen LogP contribution in [0.2, 0.25) is 0 Å². The van der Waals surface area contributed by atoms with E-state index in [0.717, 1.165) is 24.1 Å². The van der Waals surface area contributed by atoms with Gasteiger partial charge in [0.2, 0.25) is 5.91 Å². The Hall–Kier alpha value is -1.51. The molecule has 1 amide bonds. The van der Waals surface area contributed by atoms with E-state index in [1.165, 1.54) is 0 Å². The van der Waals surface area contributed by atoms with Crippen LogP contribution in [0.3, 0.4) is 0 Å². The summed E-state index contributed by atoms with van der Waals surface area (Å²) in [5, 5.41) is 6.12. The number of benzene rings is 1. The molecule has 1 unspecified atom stereocenters. The summed E-state index contributed by atoms with van der Waals surface area (Å²) in [7, 11) is 0. The summed E-state index contributed by atoms with van der Waals surface area (Å²) >= 11 is 0. The highest BCUT2D eigenvalue weighted by molar-refractivity contribution is 5.81. The zero-order chi connectivity index (χ0) is 12.7. The van der Waals surface area contributed by atoms with Crippen molar-refractivity contribution < 1.29 is 4.79 Å². The van der Waals surface area contributed by atoms with Gasteiger partial charge in [-0.05, 0) is 31.9 Å². The summed E-state index contributed by atoms with van der Waals surface area (Å²) < 4.78 is 0. The van der Waals surface area contributed by atoms with Crippen LogP contribution in [0.4, 0.5) is 5.69 Å². The molecule has 0 saturated carbocycles. The first-order valence-corrected chi connectivity index (χ1v) is 6.22. The fourth-order valence-corrected chi connectivity index (χ4v) is 1.78. The van der Waals surface area contributed by atoms with Crippen molar-refractivity contribution in [3.05, 3.63) is 29.8 Å². The van der Waals surface area contributed by atoms with Crippen LogP contribution in [0.15, 0.2) is 24.3 Å². The Bertz CT molecular complexity index is 363. The van der Waals surface area contributed by atoms with Crippen molar-refractivity contribution in [2.75, 3.05) is 11.9 Å². The molecule has 3 heteroatoms. The van der Waals surface area contributed by atoms with Crippen molar-refractivity contribution >= 4 is 11.6 Å². The average molecular weight is 234 g/mol. The predicted octanol–water partition coefficient (Wildman–Crippen LogP) is 2.71. The molecule has 94 valence electrons. The highest BCUT2D eigenvalue weighted by Crippen LogP contribution is 2.12. The molecule has 0 aliphatic rings. The maximum atomic E-state index is 11.6. The van der Waals surface area contributed by atoms with Crippen molar-refractivity contribution in [3.63, 3.8) is 0 Å². The first-order valence-electron chi connectivity index (χ1n) is 6.22. The van der Waals surface area contributed by atoms with Crippen LogP contribution in [0, 0.1) is 6.92 Å². The number of para-hydroxylation sites is 1. The van der Waals surface area contributed by atoms with E-state index in [0.29, 0.717) is 6.54 Å². The van der Waals surface area contributed by atoms with Gasteiger partial charge in [-0.3, -0.25) is 4.79 Å². The number of aryl methyl sites for hydroxylation is 1. The van der Waals surface area contributed by atoms with E-state index in [9.17, 15) is 4.79 Å². The van der Waals surface area contributed by atoms with Crippen molar-refractivity contribution in [1.29, 1.82) is 0 Å². The second-order valence-electron chi connectivity index (χ2n) is 4.43. The molecule has 0 spiro atoms. The van der Waals surface area contributed by atoms with Gasteiger partial charge in [-0.1, -0.05) is 31.5 Å². The molecule has 2 N–H and O–H groups in total. The lowest BCUT2D eigenvalue weighted by Gasteiger charge is -2.14. The van der Waals surface area contributed by atoms with Crippen LogP contribution in [0.25, 0.3) is 0 Å². The number of hydrogen-bond acceptors (Lipinski definition) is 2. The zero-order valence-electron chi connectivity index (χ0n) is 10.9. The smallest absolute Gasteiger partial charge is 0.239 e. The highest BCUT2D eigenvalue weighted by Gasteiger charge is 2.06. The molecule has 1 aromatic rings. The Morgan fingerprint density at radius 1 is 1.35 bits per heavy atom. The summed E-state index contributed by atoms with van der Waals surface area (Å²) in [5.41, 5.74) is 2.17. The Morgan fingerprint density at radius 3 is 2.71 bits per heavy atom. The molecule has 0 aliphatic heterocycles. The van der Waals surface area contributed by atoms with Gasteiger partial charge >= 0.3 is 0 Å². The topological polar surface area (TPSA) is 41.1 Å². The molecule has 0 heterocycles. The molecular weight excluding hydrogens is 212 g/mol. The molecule has 0 aliphatic carbocycles. The Kier molecular flexibility index (Phi) is 5.53. The van der Waals surface area contributed by atoms with Crippen LogP contribution in [0.5, 0.6) is 0 Å². The van der Waals surface area contributed by atoms with Crippen LogP contribution < -0.4 is 10.6 Å². The lowest BCUT2D eigenvalue weighted by Crippen LogP contribution is -2.36. The van der Waals surface area contributed by atoms with E-state index in [1.54, 1.807) is 0 Å². The predicted molar refractivity (Wildman–Crippen MR) is 72.2 cm³/mol. The van der Waals surface area contributed by atoms with E-state index >= 15 is 0 Å². The summed E-state index contributed by atoms with van der Waals surface area (Å²) in [4.78, 5) is 11.6. The lowest BCUT2D eigenvalue weighted by molar-refractivity contribution is -0.120. The van der Waals surface area contributed by atoms with E-state index in [4.69, 9.17) is 0 Å². The minimum absolute atomic E-state index is 0.0502. The first kappa shape index (κ1) is 13.6. The Balaban J connectivity index is 2.36. The fraction of sp³-hybridized carbons (Fsp3) is 0.500. The molecule has 1 aromatic carbocycles. The number of anilines is 1. The normalized spacial score (nSPS) is 11.9. The summed E-state index contributed by atoms with van der Waals surface area (Å²) in [6, 6.07) is 8.22. The third-order valence-electron chi connectivity index (χ3n) is 2.71. The fourth-order valence-electron chi connectivity index (χ4n) is 1.78. The minimum Gasteiger partial charge on any atom is -0.376 e. The van der Waals surface area contributed by atoms with Crippen molar-refractivity contribution in [2.24, 2.45) is 0 Å². The van der Waals surface area contributed by atoms with Gasteiger partial charge in [-0.2, -0.15) is 0 Å². The first-order chi connectivity index (χ1) is 8.13. The minimum atomic E-state index is 0.0502. The molecule has 0 aromatic heterocycles. The maximum absolute atomic E-state index is 11.6. The molecule has 17 heavy (non-hydrogen) atoms. The largest absolute Gasteiger partial charge is 0.376 e. The molecule has 0 saturated heterocycles. The van der Waals surface area contributed by atoms with E-state index in [-0.39, 0.29) is 11.9 Å². The standard InChI is InChI=1S/C14H22N2O/c1-4-7-12(3)16-14(17)10-15-13-9-6-5-8-11(13)2/h5-6,8-9,12,15H,4,7,10H2,1-3H3,(H,16,17). The van der Waals surface area contributed by atoms with Gasteiger partial charge in [0.25, 0.3) is 0 Å². The van der Waals surface area contributed by atoms with Crippen molar-refractivity contribution in [3.8, 4) is 0 Å². The maximum Gasteiger partial charge on any atom is 0.239 e.